The van der Waals surface area contributed by atoms with Crippen LogP contribution >= 0.6 is 63.7 Å². The number of fused-ring (bicyclic) bond motifs is 4. The minimum Gasteiger partial charge on any atom is -0.444 e. The van der Waals surface area contributed by atoms with E-state index < -0.39 is 70.7 Å². The highest BCUT2D eigenvalue weighted by Gasteiger charge is 2.34. The minimum absolute atomic E-state index is 0.342. The van der Waals surface area contributed by atoms with Crippen molar-refractivity contribution in [3.63, 3.8) is 0 Å². The first-order chi connectivity index (χ1) is 40.1. The van der Waals surface area contributed by atoms with Crippen LogP contribution in [0.15, 0.2) is 115 Å². The van der Waals surface area contributed by atoms with Crippen LogP contribution in [0.4, 0.5) is 19.2 Å². The number of amides is 2. The maximum absolute atomic E-state index is 13.2. The largest absolute Gasteiger partial charge is 0.444 e. The third-order valence-corrected chi connectivity index (χ3v) is 14.2. The highest BCUT2D eigenvalue weighted by Crippen LogP contribution is 2.37. The van der Waals surface area contributed by atoms with E-state index in [1.165, 1.54) is 23.0 Å². The Hall–Kier alpha value is -7.60. The molecule has 22 heteroatoms. The van der Waals surface area contributed by atoms with Gasteiger partial charge in [-0.2, -0.15) is 21.0 Å². The zero-order valence-corrected chi connectivity index (χ0v) is 56.8. The average Bonchev–Trinajstić information content (AvgIpc) is 1.91. The fourth-order valence-corrected chi connectivity index (χ4v) is 10.6. The van der Waals surface area contributed by atoms with Crippen LogP contribution in [-0.2, 0) is 31.8 Å². The first-order valence-electron chi connectivity index (χ1n) is 27.1. The van der Waals surface area contributed by atoms with E-state index in [1.807, 2.05) is 85.2 Å². The van der Waals surface area contributed by atoms with Crippen molar-refractivity contribution in [1.29, 1.82) is 21.0 Å². The Labute approximate surface area is 535 Å². The van der Waals surface area contributed by atoms with Gasteiger partial charge in [0.1, 0.15) is 22.4 Å². The summed E-state index contributed by atoms with van der Waals surface area (Å²) >= 11 is 14.0. The molecule has 0 aliphatic carbocycles. The molecule has 4 heterocycles. The van der Waals surface area contributed by atoms with Gasteiger partial charge in [-0.1, -0.05) is 88.0 Å². The minimum atomic E-state index is -0.819. The van der Waals surface area contributed by atoms with Gasteiger partial charge < -0.3 is 39.5 Å². The second-order valence-corrected chi connectivity index (χ2v) is 27.4. The molecule has 4 atom stereocenters. The van der Waals surface area contributed by atoms with Gasteiger partial charge in [-0.05, 0) is 167 Å². The van der Waals surface area contributed by atoms with Crippen molar-refractivity contribution in [2.75, 3.05) is 0 Å². The lowest BCUT2D eigenvalue weighted by Crippen LogP contribution is -2.43. The number of carbonyl (C=O) groups is 4. The van der Waals surface area contributed by atoms with Gasteiger partial charge in [-0.3, -0.25) is 9.13 Å². The van der Waals surface area contributed by atoms with Crippen LogP contribution in [0.2, 0.25) is 0 Å². The molecule has 18 nitrogen and oxygen atoms in total. The number of hydrogen-bond donors (Lipinski definition) is 4. The summed E-state index contributed by atoms with van der Waals surface area (Å²) < 4.78 is 28.7. The molecule has 4 aromatic carbocycles. The zero-order valence-electron chi connectivity index (χ0n) is 50.4. The van der Waals surface area contributed by atoms with Gasteiger partial charge in [0.05, 0.1) is 59.2 Å². The molecule has 8 rings (SSSR count). The van der Waals surface area contributed by atoms with Gasteiger partial charge in [-0.15, -0.1) is 0 Å². The van der Waals surface area contributed by atoms with Crippen molar-refractivity contribution in [3.05, 3.63) is 138 Å². The summed E-state index contributed by atoms with van der Waals surface area (Å²) in [5, 5.41) is 45.0. The Morgan fingerprint density at radius 1 is 0.488 bits per heavy atom. The first kappa shape index (κ1) is 69.2. The average molecular weight is 1430 g/mol. The number of hydrogen-bond acceptors (Lipinski definition) is 12. The molecule has 0 bridgehead atoms. The van der Waals surface area contributed by atoms with Crippen molar-refractivity contribution in [3.8, 4) is 24.3 Å². The van der Waals surface area contributed by atoms with Crippen molar-refractivity contribution < 1.29 is 38.1 Å². The molecule has 0 spiro atoms. The first-order valence-corrected chi connectivity index (χ1v) is 30.3. The van der Waals surface area contributed by atoms with E-state index in [-0.39, 0.29) is 0 Å². The predicted octanol–water partition coefficient (Wildman–Crippen LogP) is 17.4. The number of ether oxygens (including phenoxy) is 4. The maximum Gasteiger partial charge on any atom is 0.419 e. The lowest BCUT2D eigenvalue weighted by atomic mass is 9.88. The van der Waals surface area contributed by atoms with Gasteiger partial charge >= 0.3 is 24.4 Å². The molecule has 0 fully saturated rings. The summed E-state index contributed by atoms with van der Waals surface area (Å²) in [6.07, 6.45) is 5.35. The molecule has 0 saturated carbocycles. The third kappa shape index (κ3) is 19.2. The van der Waals surface area contributed by atoms with Crippen molar-refractivity contribution in [2.24, 2.45) is 0 Å². The summed E-state index contributed by atoms with van der Waals surface area (Å²) in [7, 11) is 0. The van der Waals surface area contributed by atoms with E-state index in [1.54, 1.807) is 108 Å². The molecule has 86 heavy (non-hydrogen) atoms. The summed E-state index contributed by atoms with van der Waals surface area (Å²) in [5.41, 5.74) is 3.24. The van der Waals surface area contributed by atoms with E-state index in [9.17, 15) is 29.7 Å². The smallest absolute Gasteiger partial charge is 0.419 e. The Balaban J connectivity index is 0.000000288. The quantitative estimate of drug-likeness (QED) is 0.0932. The predicted molar refractivity (Wildman–Crippen MR) is 348 cm³/mol. The van der Waals surface area contributed by atoms with Gasteiger partial charge in [0.2, 0.25) is 0 Å². The SMILES string of the molecule is CC#N.CC#N.CC(C)(C)OC(=O)N[C@@H](Cc1c[nH]c2cc(Br)ccc12)[C@@H](C#N)c1cn(C(=O)OC(C)(C)C)c2cc(Br)ccc12.CC(C)(C)OC(=O)N[C@@H](Cc1c[nH]c2cc(Br)ccc12)[C@@H](C#N)c1cn(C(=O)OC(C)(C)C)c2cc(Br)ccc12. The zero-order chi connectivity index (χ0) is 64.2. The van der Waals surface area contributed by atoms with E-state index in [2.05, 4.69) is 96.5 Å². The van der Waals surface area contributed by atoms with E-state index >= 15 is 0 Å². The maximum atomic E-state index is 13.2. The van der Waals surface area contributed by atoms with Crippen LogP contribution in [0.1, 0.15) is 131 Å². The van der Waals surface area contributed by atoms with E-state index in [4.69, 9.17) is 29.5 Å². The number of H-pyrrole nitrogens is 2. The Morgan fingerprint density at radius 3 is 1.07 bits per heavy atom. The molecule has 0 saturated heterocycles. The third-order valence-electron chi connectivity index (χ3n) is 12.3. The second-order valence-electron chi connectivity index (χ2n) is 23.8. The topological polar surface area (TPSA) is 266 Å². The van der Waals surface area contributed by atoms with Crippen molar-refractivity contribution >= 4 is 132 Å². The summed E-state index contributed by atoms with van der Waals surface area (Å²) in [6, 6.07) is 29.8. The van der Waals surface area contributed by atoms with Crippen molar-refractivity contribution in [2.45, 2.75) is 156 Å². The molecule has 0 aliphatic rings. The molecule has 0 aliphatic heterocycles. The number of nitrogens with zero attached hydrogens (tertiary/aromatic N) is 6. The fourth-order valence-electron chi connectivity index (χ4n) is 9.18. The van der Waals surface area contributed by atoms with Crippen LogP contribution in [-0.4, -0.2) is 78.0 Å². The van der Waals surface area contributed by atoms with Gasteiger partial charge in [0.25, 0.3) is 0 Å². The molecule has 4 N–H and O–H groups in total. The number of benzene rings is 4. The van der Waals surface area contributed by atoms with Gasteiger partial charge in [0.15, 0.2) is 0 Å². The molecular formula is C64H70Br4N10O8. The number of carbonyl (C=O) groups excluding carboxylic acids is 4. The number of rotatable bonds is 10. The number of alkyl carbamates (subject to hydrolysis) is 2. The highest BCUT2D eigenvalue weighted by atomic mass is 79.9. The number of aromatic amines is 2. The van der Waals surface area contributed by atoms with Crippen molar-refractivity contribution in [1.82, 2.24) is 29.7 Å². The lowest BCUT2D eigenvalue weighted by molar-refractivity contribution is 0.0488. The van der Waals surface area contributed by atoms with Crippen LogP contribution < -0.4 is 10.6 Å². The molecular weight excluding hydrogens is 1360 g/mol. The highest BCUT2D eigenvalue weighted by molar-refractivity contribution is 9.11. The molecule has 0 radical (unpaired) electrons. The molecule has 2 amide bonds. The Morgan fingerprint density at radius 2 is 0.779 bits per heavy atom. The molecule has 4 aromatic heterocycles. The number of halogens is 4. The summed E-state index contributed by atoms with van der Waals surface area (Å²) in [4.78, 5) is 58.9. The normalized spacial score (nSPS) is 12.8. The van der Waals surface area contributed by atoms with Gasteiger partial charge in [-0.25, -0.2) is 19.2 Å². The number of nitriles is 4. The molecule has 8 aromatic rings. The van der Waals surface area contributed by atoms with Crippen LogP contribution in [0.25, 0.3) is 43.6 Å². The van der Waals surface area contributed by atoms with Crippen LogP contribution in [0, 0.1) is 45.3 Å². The van der Waals surface area contributed by atoms with Crippen LogP contribution in [0.5, 0.6) is 0 Å². The number of nitrogens with one attached hydrogen (secondary N) is 4. The second kappa shape index (κ2) is 29.2. The number of aromatic nitrogens is 4. The summed E-state index contributed by atoms with van der Waals surface area (Å²) in [6.45, 7) is 24.4. The standard InChI is InChI=1S/2C30H32Br2N4O4.2C2H3N/c2*1-29(2,3)39-27(37)35-25(11-17-15-34-24-12-18(31)7-9-20(17)24)22(14-33)23-16-36(28(38)40-30(4,5)6)26-13-19(32)8-10-21(23)26;2*1-2-3/h2*7-10,12-13,15-16,22,25,34H,11H2,1-6H3,(H,35,37);2*1H3/t2*22-,25-;;/m00../s1. The molecule has 0 unspecified atom stereocenters. The lowest BCUT2D eigenvalue weighted by Gasteiger charge is -2.26. The monoisotopic (exact) mass is 1420 g/mol. The summed E-state index contributed by atoms with van der Waals surface area (Å²) in [5.74, 6) is -1.64. The fraction of sp³-hybridized carbons (Fsp3) is 0.375. The van der Waals surface area contributed by atoms with E-state index in [0.717, 1.165) is 50.8 Å². The van der Waals surface area contributed by atoms with E-state index in [0.29, 0.717) is 45.8 Å². The Kier molecular flexibility index (Phi) is 23.5. The molecule has 452 valence electrons. The van der Waals surface area contributed by atoms with Crippen LogP contribution in [0.3, 0.4) is 0 Å². The van der Waals surface area contributed by atoms with Gasteiger partial charge in [0, 0.05) is 89.1 Å². The Bertz CT molecular complexity index is 3680.